The molecule has 0 saturated heterocycles. The summed E-state index contributed by atoms with van der Waals surface area (Å²) < 4.78 is 43.1. The lowest BCUT2D eigenvalue weighted by Crippen LogP contribution is -2.38. The van der Waals surface area contributed by atoms with Gasteiger partial charge in [-0.3, -0.25) is 0 Å². The summed E-state index contributed by atoms with van der Waals surface area (Å²) in [5.74, 6) is -1.57. The van der Waals surface area contributed by atoms with Crippen molar-refractivity contribution in [3.63, 3.8) is 0 Å². The van der Waals surface area contributed by atoms with Crippen LogP contribution in [0, 0.1) is 5.92 Å². The SMILES string of the molecule is CC(C)(C)c1ccc(OCC(C(N)=S)C(F)(F)F)cc1. The van der Waals surface area contributed by atoms with Gasteiger partial charge in [-0.1, -0.05) is 45.1 Å². The maximum absolute atomic E-state index is 12.6. The van der Waals surface area contributed by atoms with Gasteiger partial charge >= 0.3 is 6.18 Å². The molecule has 0 spiro atoms. The van der Waals surface area contributed by atoms with Crippen molar-refractivity contribution in [3.8, 4) is 5.75 Å². The van der Waals surface area contributed by atoms with E-state index < -0.39 is 23.7 Å². The number of alkyl halides is 3. The first-order chi connectivity index (χ1) is 9.01. The van der Waals surface area contributed by atoms with Crippen molar-refractivity contribution < 1.29 is 17.9 Å². The molecule has 0 amide bonds. The molecule has 0 aromatic heterocycles. The van der Waals surface area contributed by atoms with Gasteiger partial charge in [-0.15, -0.1) is 0 Å². The van der Waals surface area contributed by atoms with Crippen LogP contribution in [0.3, 0.4) is 0 Å². The summed E-state index contributed by atoms with van der Waals surface area (Å²) in [7, 11) is 0. The molecule has 0 saturated carbocycles. The topological polar surface area (TPSA) is 35.2 Å². The molecule has 112 valence electrons. The highest BCUT2D eigenvalue weighted by Crippen LogP contribution is 2.28. The van der Waals surface area contributed by atoms with Crippen molar-refractivity contribution in [2.75, 3.05) is 6.61 Å². The van der Waals surface area contributed by atoms with E-state index in [0.717, 1.165) is 5.56 Å². The van der Waals surface area contributed by atoms with Crippen molar-refractivity contribution in [1.29, 1.82) is 0 Å². The quantitative estimate of drug-likeness (QED) is 0.859. The molecular weight excluding hydrogens is 287 g/mol. The second kappa shape index (κ2) is 5.99. The fourth-order valence-corrected chi connectivity index (χ4v) is 1.77. The summed E-state index contributed by atoms with van der Waals surface area (Å²) in [6, 6.07) is 6.96. The second-order valence-electron chi connectivity index (χ2n) is 5.58. The number of thiocarbonyl (C=S) groups is 1. The van der Waals surface area contributed by atoms with Gasteiger partial charge in [0.15, 0.2) is 0 Å². The summed E-state index contributed by atoms with van der Waals surface area (Å²) >= 11 is 4.43. The zero-order chi connectivity index (χ0) is 15.6. The Morgan fingerprint density at radius 1 is 1.20 bits per heavy atom. The first kappa shape index (κ1) is 16.8. The highest BCUT2D eigenvalue weighted by atomic mass is 32.1. The molecule has 2 N–H and O–H groups in total. The first-order valence-corrected chi connectivity index (χ1v) is 6.52. The Hall–Kier alpha value is -1.30. The summed E-state index contributed by atoms with van der Waals surface area (Å²) in [6.45, 7) is 5.55. The Morgan fingerprint density at radius 2 is 1.70 bits per heavy atom. The molecule has 0 aliphatic rings. The van der Waals surface area contributed by atoms with Crippen molar-refractivity contribution >= 4 is 17.2 Å². The van der Waals surface area contributed by atoms with Crippen LogP contribution >= 0.6 is 12.2 Å². The Labute approximate surface area is 122 Å². The largest absolute Gasteiger partial charge is 0.493 e. The van der Waals surface area contributed by atoms with Crippen LogP contribution in [-0.2, 0) is 5.41 Å². The van der Waals surface area contributed by atoms with Gasteiger partial charge in [0, 0.05) is 0 Å². The Bertz CT molecular complexity index is 463. The number of rotatable bonds is 4. The van der Waals surface area contributed by atoms with E-state index in [1.165, 1.54) is 0 Å². The van der Waals surface area contributed by atoms with Gasteiger partial charge in [-0.05, 0) is 23.1 Å². The Kier molecular flexibility index (Phi) is 5.02. The number of halogens is 3. The van der Waals surface area contributed by atoms with E-state index in [1.807, 2.05) is 12.1 Å². The highest BCUT2D eigenvalue weighted by molar-refractivity contribution is 7.80. The third kappa shape index (κ3) is 4.67. The molecule has 0 bridgehead atoms. The molecule has 1 unspecified atom stereocenters. The van der Waals surface area contributed by atoms with Crippen LogP contribution in [0.5, 0.6) is 5.75 Å². The molecule has 1 aromatic rings. The third-order valence-electron chi connectivity index (χ3n) is 2.88. The Balaban J connectivity index is 2.73. The molecule has 0 radical (unpaired) electrons. The summed E-state index contributed by atoms with van der Waals surface area (Å²) in [5, 5.41) is 0. The lowest BCUT2D eigenvalue weighted by atomic mass is 9.87. The highest BCUT2D eigenvalue weighted by Gasteiger charge is 2.42. The van der Waals surface area contributed by atoms with Crippen LogP contribution in [0.25, 0.3) is 0 Å². The van der Waals surface area contributed by atoms with E-state index in [-0.39, 0.29) is 5.41 Å². The molecule has 1 aromatic carbocycles. The monoisotopic (exact) mass is 305 g/mol. The van der Waals surface area contributed by atoms with Gasteiger partial charge < -0.3 is 10.5 Å². The zero-order valence-corrected chi connectivity index (χ0v) is 12.4. The standard InChI is InChI=1S/C14H18F3NOS/c1-13(2,3)9-4-6-10(7-5-9)19-8-11(12(18)20)14(15,16)17/h4-7,11H,8H2,1-3H3,(H2,18,20). The summed E-state index contributed by atoms with van der Waals surface area (Å²) in [4.78, 5) is -0.608. The fraction of sp³-hybridized carbons (Fsp3) is 0.500. The first-order valence-electron chi connectivity index (χ1n) is 6.11. The average molecular weight is 305 g/mol. The van der Waals surface area contributed by atoms with Crippen molar-refractivity contribution in [2.45, 2.75) is 32.4 Å². The minimum Gasteiger partial charge on any atom is -0.493 e. The van der Waals surface area contributed by atoms with Crippen molar-refractivity contribution in [1.82, 2.24) is 0 Å². The van der Waals surface area contributed by atoms with E-state index >= 15 is 0 Å². The smallest absolute Gasteiger partial charge is 0.401 e. The Morgan fingerprint density at radius 3 is 2.05 bits per heavy atom. The van der Waals surface area contributed by atoms with E-state index in [0.29, 0.717) is 5.75 Å². The predicted octanol–water partition coefficient (Wildman–Crippen LogP) is 3.83. The minimum atomic E-state index is -4.49. The molecule has 0 heterocycles. The molecule has 0 aliphatic heterocycles. The lowest BCUT2D eigenvalue weighted by molar-refractivity contribution is -0.161. The van der Waals surface area contributed by atoms with Gasteiger partial charge in [-0.2, -0.15) is 13.2 Å². The normalized spacial score (nSPS) is 13.9. The summed E-state index contributed by atoms with van der Waals surface area (Å²) in [6.07, 6.45) is -4.49. The van der Waals surface area contributed by atoms with Gasteiger partial charge in [0.1, 0.15) is 18.3 Å². The van der Waals surface area contributed by atoms with Gasteiger partial charge in [0.25, 0.3) is 0 Å². The molecule has 0 aliphatic carbocycles. The number of nitrogens with two attached hydrogens (primary N) is 1. The van der Waals surface area contributed by atoms with Gasteiger partial charge in [0.05, 0.1) is 4.99 Å². The third-order valence-corrected chi connectivity index (χ3v) is 3.16. The zero-order valence-electron chi connectivity index (χ0n) is 11.6. The van der Waals surface area contributed by atoms with Crippen molar-refractivity contribution in [3.05, 3.63) is 29.8 Å². The number of ether oxygens (including phenoxy) is 1. The van der Waals surface area contributed by atoms with Crippen LogP contribution < -0.4 is 10.5 Å². The number of hydrogen-bond acceptors (Lipinski definition) is 2. The number of benzene rings is 1. The lowest BCUT2D eigenvalue weighted by Gasteiger charge is -2.21. The van der Waals surface area contributed by atoms with E-state index in [2.05, 4.69) is 33.0 Å². The van der Waals surface area contributed by atoms with E-state index in [9.17, 15) is 13.2 Å². The minimum absolute atomic E-state index is 0.0220. The van der Waals surface area contributed by atoms with Crippen LogP contribution in [0.4, 0.5) is 13.2 Å². The van der Waals surface area contributed by atoms with E-state index in [4.69, 9.17) is 10.5 Å². The van der Waals surface area contributed by atoms with Gasteiger partial charge in [-0.25, -0.2) is 0 Å². The van der Waals surface area contributed by atoms with Crippen LogP contribution in [0.1, 0.15) is 26.3 Å². The molecular formula is C14H18F3NOS. The van der Waals surface area contributed by atoms with Gasteiger partial charge in [0.2, 0.25) is 0 Å². The molecule has 0 fully saturated rings. The number of hydrogen-bond donors (Lipinski definition) is 1. The van der Waals surface area contributed by atoms with Crippen LogP contribution in [-0.4, -0.2) is 17.8 Å². The molecule has 20 heavy (non-hydrogen) atoms. The predicted molar refractivity (Wildman–Crippen MR) is 77.0 cm³/mol. The molecule has 2 nitrogen and oxygen atoms in total. The maximum Gasteiger partial charge on any atom is 0.401 e. The van der Waals surface area contributed by atoms with Crippen molar-refractivity contribution in [2.24, 2.45) is 11.7 Å². The second-order valence-corrected chi connectivity index (χ2v) is 6.05. The molecule has 6 heteroatoms. The molecule has 1 rings (SSSR count). The van der Waals surface area contributed by atoms with E-state index in [1.54, 1.807) is 12.1 Å². The summed E-state index contributed by atoms with van der Waals surface area (Å²) in [5.41, 5.74) is 6.15. The van der Waals surface area contributed by atoms with Crippen LogP contribution in [0.15, 0.2) is 24.3 Å². The fourth-order valence-electron chi connectivity index (χ4n) is 1.57. The van der Waals surface area contributed by atoms with Crippen LogP contribution in [0.2, 0.25) is 0 Å². The molecule has 1 atom stereocenters. The average Bonchev–Trinajstić information content (AvgIpc) is 2.26. The maximum atomic E-state index is 12.6.